The number of nitrogens with zero attached hydrogens (tertiary/aromatic N) is 3. The highest BCUT2D eigenvalue weighted by Crippen LogP contribution is 2.26. The van der Waals surface area contributed by atoms with Gasteiger partial charge in [0.2, 0.25) is 5.91 Å². The van der Waals surface area contributed by atoms with Gasteiger partial charge in [0.05, 0.1) is 17.8 Å². The average molecular weight is 277 g/mol. The molecule has 6 nitrogen and oxygen atoms in total. The summed E-state index contributed by atoms with van der Waals surface area (Å²) >= 11 is 0. The summed E-state index contributed by atoms with van der Waals surface area (Å²) < 4.78 is 0. The van der Waals surface area contributed by atoms with Gasteiger partial charge in [-0.05, 0) is 12.8 Å². The van der Waals surface area contributed by atoms with Gasteiger partial charge in [-0.25, -0.2) is 0 Å². The SMILES string of the molecule is CC(=O)N1CCC(c2cnc(CCC(=O)O)cn2)CC1. The van der Waals surface area contributed by atoms with E-state index in [1.165, 1.54) is 0 Å². The molecular weight excluding hydrogens is 258 g/mol. The van der Waals surface area contributed by atoms with Crippen molar-refractivity contribution in [2.75, 3.05) is 13.1 Å². The van der Waals surface area contributed by atoms with Crippen molar-refractivity contribution in [3.8, 4) is 0 Å². The lowest BCUT2D eigenvalue weighted by Crippen LogP contribution is -2.36. The predicted molar refractivity (Wildman–Crippen MR) is 72.2 cm³/mol. The molecule has 0 bridgehead atoms. The normalized spacial score (nSPS) is 16.1. The standard InChI is InChI=1S/C14H19N3O3/c1-10(18)17-6-4-11(5-7-17)13-9-15-12(8-16-13)2-3-14(19)20/h8-9,11H,2-7H2,1H3,(H,19,20). The van der Waals surface area contributed by atoms with E-state index >= 15 is 0 Å². The lowest BCUT2D eigenvalue weighted by atomic mass is 9.94. The molecule has 0 unspecified atom stereocenters. The number of aromatic nitrogens is 2. The van der Waals surface area contributed by atoms with Crippen LogP contribution in [0.3, 0.4) is 0 Å². The van der Waals surface area contributed by atoms with Gasteiger partial charge in [-0.1, -0.05) is 0 Å². The third-order valence-corrected chi connectivity index (χ3v) is 3.68. The molecule has 1 aromatic heterocycles. The van der Waals surface area contributed by atoms with Crippen molar-refractivity contribution in [3.63, 3.8) is 0 Å². The van der Waals surface area contributed by atoms with Crippen LogP contribution in [-0.2, 0) is 16.0 Å². The zero-order valence-corrected chi connectivity index (χ0v) is 11.6. The van der Waals surface area contributed by atoms with Crippen molar-refractivity contribution in [2.24, 2.45) is 0 Å². The zero-order chi connectivity index (χ0) is 14.5. The van der Waals surface area contributed by atoms with Gasteiger partial charge in [0.1, 0.15) is 0 Å². The third-order valence-electron chi connectivity index (χ3n) is 3.68. The molecule has 6 heteroatoms. The Morgan fingerprint density at radius 2 is 2.00 bits per heavy atom. The highest BCUT2D eigenvalue weighted by atomic mass is 16.4. The maximum Gasteiger partial charge on any atom is 0.303 e. The number of carboxylic acids is 1. The van der Waals surface area contributed by atoms with E-state index in [1.807, 2.05) is 4.90 Å². The minimum atomic E-state index is -0.826. The Labute approximate surface area is 117 Å². The first-order chi connectivity index (χ1) is 9.56. The van der Waals surface area contributed by atoms with Crippen LogP contribution in [0.25, 0.3) is 0 Å². The summed E-state index contributed by atoms with van der Waals surface area (Å²) in [6, 6.07) is 0. The van der Waals surface area contributed by atoms with Crippen LogP contribution in [0.2, 0.25) is 0 Å². The number of likely N-dealkylation sites (tertiary alicyclic amines) is 1. The summed E-state index contributed by atoms with van der Waals surface area (Å²) in [6.45, 7) is 3.13. The summed E-state index contributed by atoms with van der Waals surface area (Å²) in [4.78, 5) is 32.3. The van der Waals surface area contributed by atoms with E-state index in [2.05, 4.69) is 9.97 Å². The molecule has 0 radical (unpaired) electrons. The van der Waals surface area contributed by atoms with Crippen LogP contribution < -0.4 is 0 Å². The molecular formula is C14H19N3O3. The highest BCUT2D eigenvalue weighted by molar-refractivity contribution is 5.73. The second kappa shape index (κ2) is 6.45. The topological polar surface area (TPSA) is 83.4 Å². The number of hydrogen-bond donors (Lipinski definition) is 1. The van der Waals surface area contributed by atoms with Gasteiger partial charge in [-0.2, -0.15) is 0 Å². The van der Waals surface area contributed by atoms with Crippen molar-refractivity contribution >= 4 is 11.9 Å². The predicted octanol–water partition coefficient (Wildman–Crippen LogP) is 1.22. The summed E-state index contributed by atoms with van der Waals surface area (Å²) in [5.74, 6) is -0.363. The molecule has 1 saturated heterocycles. The van der Waals surface area contributed by atoms with Crippen LogP contribution in [0.5, 0.6) is 0 Å². The first-order valence-electron chi connectivity index (χ1n) is 6.84. The molecule has 0 spiro atoms. The van der Waals surface area contributed by atoms with Crippen molar-refractivity contribution in [3.05, 3.63) is 23.8 Å². The lowest BCUT2D eigenvalue weighted by Gasteiger charge is -2.30. The minimum Gasteiger partial charge on any atom is -0.481 e. The number of amides is 1. The number of aryl methyl sites for hydroxylation is 1. The van der Waals surface area contributed by atoms with E-state index < -0.39 is 5.97 Å². The monoisotopic (exact) mass is 277 g/mol. The fraction of sp³-hybridized carbons (Fsp3) is 0.571. The Balaban J connectivity index is 1.90. The van der Waals surface area contributed by atoms with Gasteiger partial charge in [0, 0.05) is 44.7 Å². The lowest BCUT2D eigenvalue weighted by molar-refractivity contribution is -0.137. The number of piperidine rings is 1. The van der Waals surface area contributed by atoms with Crippen molar-refractivity contribution < 1.29 is 14.7 Å². The fourth-order valence-corrected chi connectivity index (χ4v) is 2.43. The molecule has 0 atom stereocenters. The molecule has 20 heavy (non-hydrogen) atoms. The van der Waals surface area contributed by atoms with Crippen LogP contribution in [0.1, 0.15) is 43.5 Å². The minimum absolute atomic E-state index is 0.0744. The van der Waals surface area contributed by atoms with Crippen molar-refractivity contribution in [1.29, 1.82) is 0 Å². The molecule has 0 aliphatic carbocycles. The maximum absolute atomic E-state index is 11.3. The summed E-state index contributed by atoms with van der Waals surface area (Å²) in [6.07, 6.45) is 5.70. The van der Waals surface area contributed by atoms with Crippen LogP contribution in [0, 0.1) is 0 Å². The van der Waals surface area contributed by atoms with Gasteiger partial charge >= 0.3 is 5.97 Å². The third kappa shape index (κ3) is 3.76. The van der Waals surface area contributed by atoms with Crippen LogP contribution in [-0.4, -0.2) is 44.9 Å². The largest absolute Gasteiger partial charge is 0.481 e. The van der Waals surface area contributed by atoms with Gasteiger partial charge in [0.15, 0.2) is 0 Å². The van der Waals surface area contributed by atoms with Gasteiger partial charge < -0.3 is 10.0 Å². The average Bonchev–Trinajstić information content (AvgIpc) is 2.46. The summed E-state index contributed by atoms with van der Waals surface area (Å²) in [5, 5.41) is 8.62. The molecule has 1 aliphatic rings. The Morgan fingerprint density at radius 1 is 1.30 bits per heavy atom. The second-order valence-electron chi connectivity index (χ2n) is 5.11. The van der Waals surface area contributed by atoms with Crippen molar-refractivity contribution in [2.45, 2.75) is 38.5 Å². The van der Waals surface area contributed by atoms with E-state index in [1.54, 1.807) is 19.3 Å². The van der Waals surface area contributed by atoms with Crippen LogP contribution >= 0.6 is 0 Å². The number of carbonyl (C=O) groups is 2. The molecule has 1 aliphatic heterocycles. The number of carboxylic acid groups (broad SMARTS) is 1. The summed E-state index contributed by atoms with van der Waals surface area (Å²) in [7, 11) is 0. The van der Waals surface area contributed by atoms with E-state index in [0.29, 0.717) is 18.0 Å². The molecule has 1 amide bonds. The molecule has 1 N–H and O–H groups in total. The maximum atomic E-state index is 11.3. The smallest absolute Gasteiger partial charge is 0.303 e. The molecule has 1 aromatic rings. The molecule has 2 heterocycles. The van der Waals surface area contributed by atoms with E-state index in [-0.39, 0.29) is 12.3 Å². The molecule has 0 saturated carbocycles. The highest BCUT2D eigenvalue weighted by Gasteiger charge is 2.22. The number of carbonyl (C=O) groups excluding carboxylic acids is 1. The molecule has 2 rings (SSSR count). The molecule has 0 aromatic carbocycles. The van der Waals surface area contributed by atoms with Crippen LogP contribution in [0.4, 0.5) is 0 Å². The Morgan fingerprint density at radius 3 is 2.50 bits per heavy atom. The van der Waals surface area contributed by atoms with E-state index in [0.717, 1.165) is 31.6 Å². The first kappa shape index (κ1) is 14.4. The number of rotatable bonds is 4. The quantitative estimate of drug-likeness (QED) is 0.894. The summed E-state index contributed by atoms with van der Waals surface area (Å²) in [5.41, 5.74) is 1.64. The zero-order valence-electron chi connectivity index (χ0n) is 11.6. The van der Waals surface area contributed by atoms with Gasteiger partial charge in [0.25, 0.3) is 0 Å². The van der Waals surface area contributed by atoms with Crippen LogP contribution in [0.15, 0.2) is 12.4 Å². The second-order valence-corrected chi connectivity index (χ2v) is 5.11. The number of aliphatic carboxylic acids is 1. The fourth-order valence-electron chi connectivity index (χ4n) is 2.43. The Hall–Kier alpha value is -1.98. The van der Waals surface area contributed by atoms with E-state index in [9.17, 15) is 9.59 Å². The first-order valence-corrected chi connectivity index (χ1v) is 6.84. The Bertz CT molecular complexity index is 479. The van der Waals surface area contributed by atoms with Gasteiger partial charge in [-0.3, -0.25) is 19.6 Å². The van der Waals surface area contributed by atoms with Crippen molar-refractivity contribution in [1.82, 2.24) is 14.9 Å². The Kier molecular flexibility index (Phi) is 4.65. The van der Waals surface area contributed by atoms with Gasteiger partial charge in [-0.15, -0.1) is 0 Å². The molecule has 108 valence electrons. The molecule has 1 fully saturated rings. The van der Waals surface area contributed by atoms with E-state index in [4.69, 9.17) is 5.11 Å². The number of hydrogen-bond acceptors (Lipinski definition) is 4.